The molecule has 6 heteroatoms. The van der Waals surface area contributed by atoms with Gasteiger partial charge in [0.05, 0.1) is 23.1 Å². The molecule has 0 atom stereocenters. The van der Waals surface area contributed by atoms with Crippen LogP contribution in [-0.4, -0.2) is 39.0 Å². The number of aryl methyl sites for hydroxylation is 1. The van der Waals surface area contributed by atoms with E-state index in [2.05, 4.69) is 77.7 Å². The summed E-state index contributed by atoms with van der Waals surface area (Å²) in [6.07, 6.45) is 2.84. The van der Waals surface area contributed by atoms with Crippen LogP contribution in [0.15, 0.2) is 54.7 Å². The summed E-state index contributed by atoms with van der Waals surface area (Å²) in [6.45, 7) is 0.964. The third-order valence-corrected chi connectivity index (χ3v) is 7.23. The average Bonchev–Trinajstić information content (AvgIpc) is 3.50. The summed E-state index contributed by atoms with van der Waals surface area (Å²) in [5.41, 5.74) is 9.71. The van der Waals surface area contributed by atoms with Crippen molar-refractivity contribution in [3.05, 3.63) is 70.7 Å². The van der Waals surface area contributed by atoms with Crippen molar-refractivity contribution in [1.82, 2.24) is 24.9 Å². The molecule has 1 aliphatic rings. The minimum atomic E-state index is 0.934. The summed E-state index contributed by atoms with van der Waals surface area (Å²) in [5.74, 6) is 0. The topological polar surface area (TPSA) is 49.7 Å². The molecular formula is C25H23N5S. The summed E-state index contributed by atoms with van der Waals surface area (Å²) in [4.78, 5) is 4.93. The highest BCUT2D eigenvalue weighted by Gasteiger charge is 2.28. The molecule has 3 aromatic heterocycles. The van der Waals surface area contributed by atoms with Crippen LogP contribution < -0.4 is 0 Å². The first-order valence-electron chi connectivity index (χ1n) is 10.4. The zero-order valence-corrected chi connectivity index (χ0v) is 18.6. The zero-order valence-electron chi connectivity index (χ0n) is 17.8. The van der Waals surface area contributed by atoms with Crippen LogP contribution >= 0.6 is 11.3 Å². The largest absolute Gasteiger partial charge is 0.305 e. The van der Waals surface area contributed by atoms with Crippen LogP contribution in [0.25, 0.3) is 43.9 Å². The normalized spacial score (nSPS) is 12.6. The number of hydrogen-bond donors (Lipinski definition) is 1. The predicted octanol–water partition coefficient (Wildman–Crippen LogP) is 5.32. The number of aromatic nitrogens is 4. The van der Waals surface area contributed by atoms with Gasteiger partial charge in [0.1, 0.15) is 0 Å². The van der Waals surface area contributed by atoms with Gasteiger partial charge in [-0.3, -0.25) is 9.78 Å². The average molecular weight is 426 g/mol. The molecule has 0 amide bonds. The van der Waals surface area contributed by atoms with E-state index in [0.29, 0.717) is 0 Å². The van der Waals surface area contributed by atoms with Crippen molar-refractivity contribution in [2.75, 3.05) is 14.1 Å². The Morgan fingerprint density at radius 1 is 1.06 bits per heavy atom. The van der Waals surface area contributed by atoms with E-state index in [1.807, 2.05) is 29.3 Å². The Morgan fingerprint density at radius 3 is 2.68 bits per heavy atom. The highest BCUT2D eigenvalue weighted by atomic mass is 32.1. The van der Waals surface area contributed by atoms with Gasteiger partial charge in [0, 0.05) is 51.8 Å². The molecular weight excluding hydrogens is 402 g/mol. The molecule has 5 nitrogen and oxygen atoms in total. The van der Waals surface area contributed by atoms with Crippen LogP contribution in [0.5, 0.6) is 0 Å². The smallest absolute Gasteiger partial charge is 0.0963 e. The summed E-state index contributed by atoms with van der Waals surface area (Å²) in [6, 6.07) is 17.7. The number of thiophene rings is 1. The van der Waals surface area contributed by atoms with Crippen LogP contribution in [-0.2, 0) is 20.0 Å². The summed E-state index contributed by atoms with van der Waals surface area (Å²) >= 11 is 1.89. The maximum absolute atomic E-state index is 4.69. The molecule has 0 radical (unpaired) electrons. The second-order valence-corrected chi connectivity index (χ2v) is 9.66. The van der Waals surface area contributed by atoms with Gasteiger partial charge in [-0.1, -0.05) is 36.4 Å². The molecule has 31 heavy (non-hydrogen) atoms. The van der Waals surface area contributed by atoms with Gasteiger partial charge in [-0.15, -0.1) is 11.3 Å². The third kappa shape index (κ3) is 3.02. The van der Waals surface area contributed by atoms with Gasteiger partial charge in [-0.25, -0.2) is 0 Å². The minimum Gasteiger partial charge on any atom is -0.305 e. The van der Waals surface area contributed by atoms with Gasteiger partial charge in [-0.2, -0.15) is 10.2 Å². The van der Waals surface area contributed by atoms with Crippen molar-refractivity contribution in [3.8, 4) is 33.0 Å². The molecule has 1 aliphatic carbocycles. The lowest BCUT2D eigenvalue weighted by Crippen LogP contribution is -2.10. The molecule has 1 N–H and O–H groups in total. The van der Waals surface area contributed by atoms with E-state index >= 15 is 0 Å². The maximum atomic E-state index is 4.69. The van der Waals surface area contributed by atoms with Gasteiger partial charge < -0.3 is 4.90 Å². The van der Waals surface area contributed by atoms with Gasteiger partial charge in [-0.05, 0) is 37.4 Å². The van der Waals surface area contributed by atoms with Crippen LogP contribution in [0.3, 0.4) is 0 Å². The highest BCUT2D eigenvalue weighted by molar-refractivity contribution is 7.16. The van der Waals surface area contributed by atoms with Gasteiger partial charge >= 0.3 is 0 Å². The van der Waals surface area contributed by atoms with Crippen LogP contribution in [0.4, 0.5) is 0 Å². The first-order chi connectivity index (χ1) is 15.1. The number of nitrogens with one attached hydrogen (secondary N) is 1. The molecule has 0 saturated heterocycles. The van der Waals surface area contributed by atoms with Crippen LogP contribution in [0.2, 0.25) is 0 Å². The Balaban J connectivity index is 1.34. The van der Waals surface area contributed by atoms with Gasteiger partial charge in [0.15, 0.2) is 0 Å². The number of fused-ring (bicyclic) bond motifs is 4. The van der Waals surface area contributed by atoms with Crippen molar-refractivity contribution in [1.29, 1.82) is 0 Å². The van der Waals surface area contributed by atoms with Crippen molar-refractivity contribution in [3.63, 3.8) is 0 Å². The molecule has 154 valence electrons. The van der Waals surface area contributed by atoms with Crippen LogP contribution in [0, 0.1) is 0 Å². The molecule has 5 aromatic rings. The molecule has 0 aliphatic heterocycles. The SMILES string of the molecule is CN(C)Cc1ccc(-c2cc3c(s2)Cc2c(-c4ccc5cnn(C)c5c4)n[nH]c2-3)cc1. The number of benzene rings is 2. The first-order valence-corrected chi connectivity index (χ1v) is 11.2. The van der Waals surface area contributed by atoms with E-state index < -0.39 is 0 Å². The molecule has 0 spiro atoms. The Morgan fingerprint density at radius 2 is 1.87 bits per heavy atom. The van der Waals surface area contributed by atoms with Crippen LogP contribution in [0.1, 0.15) is 16.0 Å². The van der Waals surface area contributed by atoms with E-state index in [4.69, 9.17) is 5.10 Å². The first kappa shape index (κ1) is 18.5. The second kappa shape index (κ2) is 6.90. The highest BCUT2D eigenvalue weighted by Crippen LogP contribution is 2.46. The molecule has 0 saturated carbocycles. The fourth-order valence-electron chi connectivity index (χ4n) is 4.50. The molecule has 0 unspecified atom stereocenters. The lowest BCUT2D eigenvalue weighted by Gasteiger charge is -2.09. The summed E-state index contributed by atoms with van der Waals surface area (Å²) in [5, 5.41) is 13.5. The van der Waals surface area contributed by atoms with Crippen molar-refractivity contribution in [2.45, 2.75) is 13.0 Å². The van der Waals surface area contributed by atoms with E-state index in [1.54, 1.807) is 0 Å². The number of H-pyrrole nitrogens is 1. The van der Waals surface area contributed by atoms with E-state index in [9.17, 15) is 0 Å². The van der Waals surface area contributed by atoms with Crippen molar-refractivity contribution < 1.29 is 0 Å². The monoisotopic (exact) mass is 425 g/mol. The Kier molecular flexibility index (Phi) is 4.13. The van der Waals surface area contributed by atoms with Gasteiger partial charge in [0.25, 0.3) is 0 Å². The number of nitrogens with zero attached hydrogens (tertiary/aromatic N) is 4. The lowest BCUT2D eigenvalue weighted by molar-refractivity contribution is 0.402. The summed E-state index contributed by atoms with van der Waals surface area (Å²) in [7, 11) is 6.18. The molecule has 3 heterocycles. The fourth-order valence-corrected chi connectivity index (χ4v) is 5.69. The number of aromatic amines is 1. The Labute approximate surface area is 185 Å². The maximum Gasteiger partial charge on any atom is 0.0963 e. The fraction of sp³-hybridized carbons (Fsp3) is 0.200. The predicted molar refractivity (Wildman–Crippen MR) is 127 cm³/mol. The molecule has 6 rings (SSSR count). The quantitative estimate of drug-likeness (QED) is 0.416. The lowest BCUT2D eigenvalue weighted by atomic mass is 10.0. The van der Waals surface area contributed by atoms with Crippen molar-refractivity contribution in [2.24, 2.45) is 7.05 Å². The Bertz CT molecular complexity index is 1420. The molecule has 0 fully saturated rings. The number of hydrogen-bond acceptors (Lipinski definition) is 4. The molecule has 2 aromatic carbocycles. The second-order valence-electron chi connectivity index (χ2n) is 8.53. The van der Waals surface area contributed by atoms with Crippen molar-refractivity contribution >= 4 is 22.2 Å². The third-order valence-electron chi connectivity index (χ3n) is 6.04. The minimum absolute atomic E-state index is 0.934. The standard InChI is InChI=1S/C25H23N5S/c1-29(2)14-15-4-6-16(7-5-15)22-11-19-23(31-22)12-20-24(27-28-25(19)20)17-8-9-18-13-26-30(3)21(18)10-17/h4-11,13H,12,14H2,1-3H3,(H,27,28). The van der Waals surface area contributed by atoms with E-state index in [-0.39, 0.29) is 0 Å². The zero-order chi connectivity index (χ0) is 21.1. The Hall–Kier alpha value is -3.22. The van der Waals surface area contributed by atoms with E-state index in [1.165, 1.54) is 37.7 Å². The molecule has 0 bridgehead atoms. The van der Waals surface area contributed by atoms with Gasteiger partial charge in [0.2, 0.25) is 0 Å². The number of rotatable bonds is 4. The van der Waals surface area contributed by atoms with E-state index in [0.717, 1.165) is 35.1 Å². The summed E-state index contributed by atoms with van der Waals surface area (Å²) < 4.78 is 1.92.